The van der Waals surface area contributed by atoms with Crippen molar-refractivity contribution in [3.05, 3.63) is 16.8 Å². The molecule has 0 bridgehead atoms. The number of rotatable bonds is 3. The molecule has 8 nitrogen and oxygen atoms in total. The fraction of sp³-hybridized carbons (Fsp3) is 0.667. The third-order valence-electron chi connectivity index (χ3n) is 2.67. The van der Waals surface area contributed by atoms with Gasteiger partial charge >= 0.3 is 5.69 Å². The van der Waals surface area contributed by atoms with Crippen LogP contribution in [-0.4, -0.2) is 49.7 Å². The summed E-state index contributed by atoms with van der Waals surface area (Å²) in [7, 11) is 0. The van der Waals surface area contributed by atoms with E-state index in [1.54, 1.807) is 0 Å². The zero-order chi connectivity index (χ0) is 12.4. The SMILES string of the molecule is Nc1ncn(C[C@H]2C[C@H](O)[C@@H](CO)O2)c(=O)n1. The van der Waals surface area contributed by atoms with Crippen molar-refractivity contribution in [1.82, 2.24) is 14.5 Å². The Bertz CT molecular complexity index is 449. The highest BCUT2D eigenvalue weighted by molar-refractivity contribution is 5.09. The molecule has 8 heteroatoms. The van der Waals surface area contributed by atoms with Crippen LogP contribution in [-0.2, 0) is 11.3 Å². The summed E-state index contributed by atoms with van der Waals surface area (Å²) < 4.78 is 6.62. The van der Waals surface area contributed by atoms with Crippen LogP contribution in [0, 0.1) is 0 Å². The maximum absolute atomic E-state index is 11.4. The second kappa shape index (κ2) is 4.78. The Kier molecular flexibility index (Phi) is 3.36. The monoisotopic (exact) mass is 242 g/mol. The van der Waals surface area contributed by atoms with Gasteiger partial charge in [-0.25, -0.2) is 9.78 Å². The summed E-state index contributed by atoms with van der Waals surface area (Å²) >= 11 is 0. The third-order valence-corrected chi connectivity index (χ3v) is 2.67. The Morgan fingerprint density at radius 3 is 3.00 bits per heavy atom. The number of anilines is 1. The van der Waals surface area contributed by atoms with E-state index < -0.39 is 17.9 Å². The summed E-state index contributed by atoms with van der Waals surface area (Å²) in [6, 6.07) is 0. The summed E-state index contributed by atoms with van der Waals surface area (Å²) in [4.78, 5) is 18.6. The molecule has 1 aromatic rings. The van der Waals surface area contributed by atoms with E-state index in [0.717, 1.165) is 0 Å². The van der Waals surface area contributed by atoms with Crippen LogP contribution in [0.3, 0.4) is 0 Å². The molecule has 1 aromatic heterocycles. The zero-order valence-electron chi connectivity index (χ0n) is 9.06. The first-order chi connectivity index (χ1) is 8.10. The maximum Gasteiger partial charge on any atom is 0.352 e. The Hall–Kier alpha value is -1.51. The minimum atomic E-state index is -0.713. The van der Waals surface area contributed by atoms with Crippen molar-refractivity contribution in [2.45, 2.75) is 31.3 Å². The first-order valence-corrected chi connectivity index (χ1v) is 5.23. The van der Waals surface area contributed by atoms with Crippen molar-refractivity contribution in [2.75, 3.05) is 12.3 Å². The summed E-state index contributed by atoms with van der Waals surface area (Å²) in [5.41, 5.74) is 4.75. The normalized spacial score (nSPS) is 28.5. The number of hydrogen-bond donors (Lipinski definition) is 3. The molecule has 0 amide bonds. The highest BCUT2D eigenvalue weighted by atomic mass is 16.5. The summed E-state index contributed by atoms with van der Waals surface area (Å²) in [6.07, 6.45) is 0.00206. The zero-order valence-corrected chi connectivity index (χ0v) is 9.06. The van der Waals surface area contributed by atoms with Crippen LogP contribution in [0.4, 0.5) is 5.95 Å². The van der Waals surface area contributed by atoms with Crippen LogP contribution in [0.25, 0.3) is 0 Å². The predicted molar refractivity (Wildman–Crippen MR) is 57.1 cm³/mol. The van der Waals surface area contributed by atoms with Crippen LogP contribution >= 0.6 is 0 Å². The minimum Gasteiger partial charge on any atom is -0.394 e. The molecule has 0 spiro atoms. The van der Waals surface area contributed by atoms with Crippen molar-refractivity contribution in [3.63, 3.8) is 0 Å². The highest BCUT2D eigenvalue weighted by Crippen LogP contribution is 2.20. The van der Waals surface area contributed by atoms with Crippen molar-refractivity contribution < 1.29 is 14.9 Å². The molecule has 0 unspecified atom stereocenters. The van der Waals surface area contributed by atoms with Crippen LogP contribution in [0.1, 0.15) is 6.42 Å². The van der Waals surface area contributed by atoms with Crippen molar-refractivity contribution in [3.8, 4) is 0 Å². The number of aliphatic hydroxyl groups is 2. The molecule has 4 N–H and O–H groups in total. The number of aliphatic hydroxyl groups excluding tert-OH is 2. The average molecular weight is 242 g/mol. The fourth-order valence-corrected chi connectivity index (χ4v) is 1.81. The quantitative estimate of drug-likeness (QED) is 0.546. The Morgan fingerprint density at radius 1 is 1.65 bits per heavy atom. The molecular formula is C9H14N4O4. The van der Waals surface area contributed by atoms with Gasteiger partial charge in [0, 0.05) is 6.42 Å². The van der Waals surface area contributed by atoms with E-state index in [-0.39, 0.29) is 25.2 Å². The topological polar surface area (TPSA) is 123 Å². The molecule has 17 heavy (non-hydrogen) atoms. The van der Waals surface area contributed by atoms with E-state index in [0.29, 0.717) is 6.42 Å². The first-order valence-electron chi connectivity index (χ1n) is 5.23. The van der Waals surface area contributed by atoms with E-state index in [1.165, 1.54) is 10.9 Å². The van der Waals surface area contributed by atoms with Crippen LogP contribution in [0.5, 0.6) is 0 Å². The lowest BCUT2D eigenvalue weighted by atomic mass is 10.1. The summed E-state index contributed by atoms with van der Waals surface area (Å²) in [6.45, 7) is -0.0164. The lowest BCUT2D eigenvalue weighted by Gasteiger charge is -2.12. The smallest absolute Gasteiger partial charge is 0.352 e. The lowest BCUT2D eigenvalue weighted by Crippen LogP contribution is -2.30. The molecule has 1 aliphatic heterocycles. The number of hydrogen-bond acceptors (Lipinski definition) is 7. The van der Waals surface area contributed by atoms with Crippen LogP contribution in [0.15, 0.2) is 11.1 Å². The molecule has 1 aliphatic rings. The Labute approximate surface area is 96.7 Å². The largest absolute Gasteiger partial charge is 0.394 e. The number of nitrogens with two attached hydrogens (primary N) is 1. The Morgan fingerprint density at radius 2 is 2.41 bits per heavy atom. The molecule has 2 rings (SSSR count). The van der Waals surface area contributed by atoms with Gasteiger partial charge in [-0.1, -0.05) is 0 Å². The third kappa shape index (κ3) is 2.60. The van der Waals surface area contributed by atoms with Gasteiger partial charge in [-0.15, -0.1) is 0 Å². The van der Waals surface area contributed by atoms with Crippen LogP contribution < -0.4 is 11.4 Å². The molecule has 0 radical (unpaired) electrons. The average Bonchev–Trinajstić information content (AvgIpc) is 2.63. The van der Waals surface area contributed by atoms with Crippen molar-refractivity contribution in [1.29, 1.82) is 0 Å². The second-order valence-corrected chi connectivity index (χ2v) is 3.93. The molecule has 0 aromatic carbocycles. The lowest BCUT2D eigenvalue weighted by molar-refractivity contribution is -0.0261. The van der Waals surface area contributed by atoms with Gasteiger partial charge in [0.1, 0.15) is 12.4 Å². The van der Waals surface area contributed by atoms with E-state index in [1.807, 2.05) is 0 Å². The number of nitrogen functional groups attached to an aromatic ring is 1. The maximum atomic E-state index is 11.4. The van der Waals surface area contributed by atoms with Gasteiger partial charge in [0.05, 0.1) is 25.4 Å². The first kappa shape index (κ1) is 12.0. The number of aromatic nitrogens is 3. The summed E-state index contributed by atoms with van der Waals surface area (Å²) in [5.74, 6) is -0.0770. The van der Waals surface area contributed by atoms with Gasteiger partial charge < -0.3 is 20.7 Å². The van der Waals surface area contributed by atoms with Gasteiger partial charge in [0.2, 0.25) is 5.95 Å². The molecule has 2 heterocycles. The standard InChI is InChI=1S/C9H14N4O4/c10-8-11-4-13(9(16)12-8)2-5-1-6(15)7(3-14)17-5/h4-7,14-15H,1-3H2,(H2,10,12,16)/t5-,6+,7-/m1/s1. The highest BCUT2D eigenvalue weighted by Gasteiger charge is 2.33. The number of ether oxygens (including phenoxy) is 1. The second-order valence-electron chi connectivity index (χ2n) is 3.93. The molecule has 94 valence electrons. The predicted octanol–water partition coefficient (Wildman–Crippen LogP) is -2.27. The minimum absolute atomic E-state index is 0.0770. The molecular weight excluding hydrogens is 228 g/mol. The van der Waals surface area contributed by atoms with E-state index in [4.69, 9.17) is 15.6 Å². The van der Waals surface area contributed by atoms with Crippen molar-refractivity contribution in [2.24, 2.45) is 0 Å². The Balaban J connectivity index is 2.05. The molecule has 3 atom stereocenters. The van der Waals surface area contributed by atoms with E-state index >= 15 is 0 Å². The fourth-order valence-electron chi connectivity index (χ4n) is 1.81. The van der Waals surface area contributed by atoms with Gasteiger partial charge in [-0.3, -0.25) is 4.57 Å². The van der Waals surface area contributed by atoms with E-state index in [2.05, 4.69) is 9.97 Å². The van der Waals surface area contributed by atoms with Gasteiger partial charge in [-0.2, -0.15) is 4.98 Å². The van der Waals surface area contributed by atoms with Gasteiger partial charge in [0.15, 0.2) is 0 Å². The molecule has 1 saturated heterocycles. The van der Waals surface area contributed by atoms with Gasteiger partial charge in [0.25, 0.3) is 0 Å². The molecule has 0 saturated carbocycles. The van der Waals surface area contributed by atoms with Crippen molar-refractivity contribution >= 4 is 5.95 Å². The summed E-state index contributed by atoms with van der Waals surface area (Å²) in [5, 5.41) is 18.4. The van der Waals surface area contributed by atoms with E-state index in [9.17, 15) is 9.90 Å². The van der Waals surface area contributed by atoms with Crippen LogP contribution in [0.2, 0.25) is 0 Å². The molecule has 1 fully saturated rings. The molecule has 0 aliphatic carbocycles. The number of nitrogens with zero attached hydrogens (tertiary/aromatic N) is 3. The van der Waals surface area contributed by atoms with Gasteiger partial charge in [-0.05, 0) is 0 Å².